The fourth-order valence-corrected chi connectivity index (χ4v) is 3.62. The summed E-state index contributed by atoms with van der Waals surface area (Å²) in [6.07, 6.45) is 2.45. The summed E-state index contributed by atoms with van der Waals surface area (Å²) in [6, 6.07) is 5.12. The first kappa shape index (κ1) is 16.6. The number of thioether (sulfide) groups is 1. The number of hydrogen-bond donors (Lipinski definition) is 1. The number of aryl methyl sites for hydroxylation is 3. The van der Waals surface area contributed by atoms with Gasteiger partial charge in [-0.2, -0.15) is 11.8 Å². The summed E-state index contributed by atoms with van der Waals surface area (Å²) in [5.74, 6) is 2.44. The van der Waals surface area contributed by atoms with Crippen LogP contribution in [-0.4, -0.2) is 18.1 Å². The Morgan fingerprint density at radius 2 is 1.68 bits per heavy atom. The lowest BCUT2D eigenvalue weighted by atomic mass is 9.95. The molecule has 1 aromatic rings. The van der Waals surface area contributed by atoms with Crippen LogP contribution in [0, 0.1) is 20.8 Å². The first-order valence-corrected chi connectivity index (χ1v) is 8.64. The maximum absolute atomic E-state index is 3.72. The van der Waals surface area contributed by atoms with Crippen molar-refractivity contribution in [2.75, 3.05) is 18.1 Å². The lowest BCUT2D eigenvalue weighted by molar-refractivity contribution is 0.572. The Hall–Kier alpha value is -0.470. The quantitative estimate of drug-likeness (QED) is 0.686. The summed E-state index contributed by atoms with van der Waals surface area (Å²) in [7, 11) is 0. The molecule has 1 aromatic carbocycles. The van der Waals surface area contributed by atoms with E-state index in [1.807, 2.05) is 0 Å². The topological polar surface area (TPSA) is 12.0 Å². The summed E-state index contributed by atoms with van der Waals surface area (Å²) < 4.78 is 0. The van der Waals surface area contributed by atoms with Crippen molar-refractivity contribution in [3.8, 4) is 0 Å². The van der Waals surface area contributed by atoms with Crippen molar-refractivity contribution in [1.29, 1.82) is 0 Å². The standard InChI is InChI=1S/C17H29NS/c1-6-8-18-16(12-19-9-7-2)17-14(4)10-13(3)11-15(17)5/h10-11,16,18H,6-9,12H2,1-5H3. The average molecular weight is 279 g/mol. The molecule has 0 bridgehead atoms. The zero-order chi connectivity index (χ0) is 14.3. The molecule has 19 heavy (non-hydrogen) atoms. The van der Waals surface area contributed by atoms with Crippen LogP contribution in [0.25, 0.3) is 0 Å². The molecule has 0 aliphatic rings. The van der Waals surface area contributed by atoms with Crippen LogP contribution in [0.3, 0.4) is 0 Å². The third-order valence-electron chi connectivity index (χ3n) is 3.36. The monoisotopic (exact) mass is 279 g/mol. The molecule has 2 heteroatoms. The Morgan fingerprint density at radius 1 is 1.05 bits per heavy atom. The molecule has 0 aliphatic carbocycles. The van der Waals surface area contributed by atoms with E-state index in [4.69, 9.17) is 0 Å². The van der Waals surface area contributed by atoms with Gasteiger partial charge in [-0.3, -0.25) is 0 Å². The van der Waals surface area contributed by atoms with Crippen molar-refractivity contribution in [1.82, 2.24) is 5.32 Å². The zero-order valence-corrected chi connectivity index (χ0v) is 14.0. The van der Waals surface area contributed by atoms with Crippen molar-refractivity contribution >= 4 is 11.8 Å². The average Bonchev–Trinajstić information content (AvgIpc) is 2.34. The molecule has 1 nitrogen and oxygen atoms in total. The largest absolute Gasteiger partial charge is 0.309 e. The van der Waals surface area contributed by atoms with Crippen LogP contribution in [0.1, 0.15) is 55.0 Å². The molecule has 1 N–H and O–H groups in total. The van der Waals surface area contributed by atoms with E-state index in [0.717, 1.165) is 6.54 Å². The van der Waals surface area contributed by atoms with Gasteiger partial charge in [0, 0.05) is 11.8 Å². The fourth-order valence-electron chi connectivity index (χ4n) is 2.65. The molecule has 0 amide bonds. The van der Waals surface area contributed by atoms with E-state index in [1.165, 1.54) is 46.6 Å². The molecule has 108 valence electrons. The first-order valence-electron chi connectivity index (χ1n) is 7.49. The minimum Gasteiger partial charge on any atom is -0.309 e. The highest BCUT2D eigenvalue weighted by atomic mass is 32.2. The second-order valence-corrected chi connectivity index (χ2v) is 6.54. The van der Waals surface area contributed by atoms with Crippen molar-refractivity contribution in [3.63, 3.8) is 0 Å². The van der Waals surface area contributed by atoms with Crippen LogP contribution in [-0.2, 0) is 0 Å². The molecule has 1 unspecified atom stereocenters. The SMILES string of the molecule is CCCNC(CSCCC)c1c(C)cc(C)cc1C. The fraction of sp³-hybridized carbons (Fsp3) is 0.647. The van der Waals surface area contributed by atoms with Gasteiger partial charge in [0.1, 0.15) is 0 Å². The highest BCUT2D eigenvalue weighted by molar-refractivity contribution is 7.99. The van der Waals surface area contributed by atoms with Crippen LogP contribution in [0.4, 0.5) is 0 Å². The minimum atomic E-state index is 0.497. The van der Waals surface area contributed by atoms with Gasteiger partial charge < -0.3 is 5.32 Å². The van der Waals surface area contributed by atoms with E-state index in [1.54, 1.807) is 0 Å². The van der Waals surface area contributed by atoms with E-state index < -0.39 is 0 Å². The van der Waals surface area contributed by atoms with Gasteiger partial charge in [0.2, 0.25) is 0 Å². The van der Waals surface area contributed by atoms with Gasteiger partial charge in [-0.05, 0) is 62.6 Å². The van der Waals surface area contributed by atoms with Crippen LogP contribution in [0.15, 0.2) is 12.1 Å². The van der Waals surface area contributed by atoms with Crippen LogP contribution >= 0.6 is 11.8 Å². The summed E-state index contributed by atoms with van der Waals surface area (Å²) >= 11 is 2.07. The molecule has 0 saturated heterocycles. The first-order chi connectivity index (χ1) is 9.10. The van der Waals surface area contributed by atoms with Gasteiger partial charge in [-0.15, -0.1) is 0 Å². The summed E-state index contributed by atoms with van der Waals surface area (Å²) in [4.78, 5) is 0. The number of rotatable bonds is 8. The predicted octanol–water partition coefficient (Wildman–Crippen LogP) is 4.80. The lowest BCUT2D eigenvalue weighted by Crippen LogP contribution is -2.26. The van der Waals surface area contributed by atoms with Crippen molar-refractivity contribution in [2.24, 2.45) is 0 Å². The maximum Gasteiger partial charge on any atom is 0.0417 e. The van der Waals surface area contributed by atoms with Crippen molar-refractivity contribution in [2.45, 2.75) is 53.5 Å². The molecule has 0 saturated carbocycles. The maximum atomic E-state index is 3.72. The Bertz CT molecular complexity index is 364. The predicted molar refractivity (Wildman–Crippen MR) is 89.3 cm³/mol. The molecule has 0 fully saturated rings. The van der Waals surface area contributed by atoms with Gasteiger partial charge in [0.05, 0.1) is 0 Å². The highest BCUT2D eigenvalue weighted by Gasteiger charge is 2.15. The lowest BCUT2D eigenvalue weighted by Gasteiger charge is -2.23. The van der Waals surface area contributed by atoms with Gasteiger partial charge in [0.25, 0.3) is 0 Å². The summed E-state index contributed by atoms with van der Waals surface area (Å²) in [5.41, 5.74) is 5.75. The molecule has 0 radical (unpaired) electrons. The van der Waals surface area contributed by atoms with Gasteiger partial charge in [-0.1, -0.05) is 31.5 Å². The Kier molecular flexibility index (Phi) is 7.55. The van der Waals surface area contributed by atoms with E-state index in [-0.39, 0.29) is 0 Å². The molecule has 0 spiro atoms. The molecule has 1 atom stereocenters. The van der Waals surface area contributed by atoms with Crippen LogP contribution < -0.4 is 5.32 Å². The smallest absolute Gasteiger partial charge is 0.0417 e. The third kappa shape index (κ3) is 5.19. The number of hydrogen-bond acceptors (Lipinski definition) is 2. The molecule has 0 heterocycles. The van der Waals surface area contributed by atoms with E-state index in [2.05, 4.69) is 63.8 Å². The Balaban J connectivity index is 2.89. The van der Waals surface area contributed by atoms with Crippen molar-refractivity contribution < 1.29 is 0 Å². The van der Waals surface area contributed by atoms with Gasteiger partial charge in [-0.25, -0.2) is 0 Å². The van der Waals surface area contributed by atoms with E-state index >= 15 is 0 Å². The molecular formula is C17H29NS. The van der Waals surface area contributed by atoms with Crippen LogP contribution in [0.5, 0.6) is 0 Å². The molecule has 0 aromatic heterocycles. The van der Waals surface area contributed by atoms with Crippen molar-refractivity contribution in [3.05, 3.63) is 34.4 Å². The number of benzene rings is 1. The normalized spacial score (nSPS) is 12.7. The third-order valence-corrected chi connectivity index (χ3v) is 4.63. The minimum absolute atomic E-state index is 0.497. The Labute approximate surface area is 123 Å². The summed E-state index contributed by atoms with van der Waals surface area (Å²) in [5, 5.41) is 3.72. The molecule has 0 aliphatic heterocycles. The zero-order valence-electron chi connectivity index (χ0n) is 13.2. The highest BCUT2D eigenvalue weighted by Crippen LogP contribution is 2.26. The summed E-state index contributed by atoms with van der Waals surface area (Å²) in [6.45, 7) is 12.3. The second-order valence-electron chi connectivity index (χ2n) is 5.39. The Morgan fingerprint density at radius 3 is 2.21 bits per heavy atom. The van der Waals surface area contributed by atoms with Crippen LogP contribution in [0.2, 0.25) is 0 Å². The van der Waals surface area contributed by atoms with E-state index in [9.17, 15) is 0 Å². The van der Waals surface area contributed by atoms with Gasteiger partial charge >= 0.3 is 0 Å². The second kappa shape index (κ2) is 8.65. The molecule has 1 rings (SSSR count). The molecular weight excluding hydrogens is 250 g/mol. The van der Waals surface area contributed by atoms with Gasteiger partial charge in [0.15, 0.2) is 0 Å². The number of nitrogens with one attached hydrogen (secondary N) is 1. The van der Waals surface area contributed by atoms with E-state index in [0.29, 0.717) is 6.04 Å².